The van der Waals surface area contributed by atoms with Gasteiger partial charge in [0, 0.05) is 30.2 Å². The van der Waals surface area contributed by atoms with Gasteiger partial charge < -0.3 is 15.1 Å². The number of aromatic nitrogens is 2. The minimum absolute atomic E-state index is 0.0584. The summed E-state index contributed by atoms with van der Waals surface area (Å²) < 4.78 is 7.11. The van der Waals surface area contributed by atoms with Crippen molar-refractivity contribution in [3.63, 3.8) is 0 Å². The molecule has 2 aromatic heterocycles. The highest BCUT2D eigenvalue weighted by molar-refractivity contribution is 7.99. The van der Waals surface area contributed by atoms with Crippen LogP contribution in [0.5, 0.6) is 0 Å². The van der Waals surface area contributed by atoms with Gasteiger partial charge in [-0.1, -0.05) is 42.1 Å². The van der Waals surface area contributed by atoms with E-state index in [-0.39, 0.29) is 17.6 Å². The van der Waals surface area contributed by atoms with Crippen LogP contribution in [0.15, 0.2) is 95.0 Å². The van der Waals surface area contributed by atoms with Crippen molar-refractivity contribution < 1.29 is 14.0 Å². The van der Waals surface area contributed by atoms with Crippen molar-refractivity contribution in [1.82, 2.24) is 20.2 Å². The molecule has 32 heavy (non-hydrogen) atoms. The summed E-state index contributed by atoms with van der Waals surface area (Å²) in [5.41, 5.74) is 2.47. The van der Waals surface area contributed by atoms with E-state index in [1.165, 1.54) is 11.8 Å². The molecule has 162 valence electrons. The maximum Gasteiger partial charge on any atom is 0.251 e. The highest BCUT2D eigenvalue weighted by atomic mass is 32.2. The van der Waals surface area contributed by atoms with E-state index >= 15 is 0 Å². The number of nitrogens with zero attached hydrogens (tertiary/aromatic N) is 2. The summed E-state index contributed by atoms with van der Waals surface area (Å²) in [6.45, 7) is 0.834. The zero-order valence-electron chi connectivity index (χ0n) is 17.2. The Balaban J connectivity index is 1.31. The van der Waals surface area contributed by atoms with Gasteiger partial charge in [-0.25, -0.2) is 4.98 Å². The molecule has 2 amide bonds. The second-order valence-electron chi connectivity index (χ2n) is 6.94. The number of rotatable bonds is 9. The van der Waals surface area contributed by atoms with E-state index in [1.807, 2.05) is 59.3 Å². The first-order valence-electron chi connectivity index (χ1n) is 10.1. The molecule has 0 saturated carbocycles. The molecule has 0 fully saturated rings. The lowest BCUT2D eigenvalue weighted by Gasteiger charge is -2.09. The summed E-state index contributed by atoms with van der Waals surface area (Å²) in [6.07, 6.45) is 5.09. The lowest BCUT2D eigenvalue weighted by molar-refractivity contribution is -0.118. The number of hydrogen-bond donors (Lipinski definition) is 2. The average Bonchev–Trinajstić information content (AvgIpc) is 3.53. The Bertz CT molecular complexity index is 1160. The third kappa shape index (κ3) is 5.67. The molecule has 8 heteroatoms. The summed E-state index contributed by atoms with van der Waals surface area (Å²) >= 11 is 1.36. The molecular formula is C24H22N4O3S. The number of hydrogen-bond acceptors (Lipinski definition) is 5. The number of carbonyl (C=O) groups excluding carboxylic acids is 2. The number of imidazole rings is 1. The largest absolute Gasteiger partial charge is 0.467 e. The van der Waals surface area contributed by atoms with Crippen LogP contribution in [-0.4, -0.2) is 27.1 Å². The Morgan fingerprint density at radius 3 is 2.50 bits per heavy atom. The van der Waals surface area contributed by atoms with Crippen LogP contribution < -0.4 is 10.6 Å². The second-order valence-corrected chi connectivity index (χ2v) is 7.88. The molecular weight excluding hydrogens is 424 g/mol. The van der Waals surface area contributed by atoms with Gasteiger partial charge in [0.1, 0.15) is 5.76 Å². The van der Waals surface area contributed by atoms with E-state index < -0.39 is 0 Å². The Morgan fingerprint density at radius 1 is 0.938 bits per heavy atom. The minimum Gasteiger partial charge on any atom is -0.467 e. The lowest BCUT2D eigenvalue weighted by atomic mass is 10.2. The molecule has 0 bridgehead atoms. The van der Waals surface area contributed by atoms with Gasteiger partial charge in [-0.2, -0.15) is 0 Å². The minimum atomic E-state index is -0.178. The van der Waals surface area contributed by atoms with E-state index in [2.05, 4.69) is 15.6 Å². The van der Waals surface area contributed by atoms with Crippen LogP contribution in [0.3, 0.4) is 0 Å². The molecule has 0 aliphatic heterocycles. The van der Waals surface area contributed by atoms with Crippen LogP contribution in [0.1, 0.15) is 21.7 Å². The Kier molecular flexibility index (Phi) is 7.04. The van der Waals surface area contributed by atoms with E-state index in [0.717, 1.165) is 11.3 Å². The van der Waals surface area contributed by atoms with Crippen molar-refractivity contribution in [2.24, 2.45) is 0 Å². The molecule has 2 aromatic carbocycles. The van der Waals surface area contributed by atoms with Crippen LogP contribution in [0.2, 0.25) is 0 Å². The van der Waals surface area contributed by atoms with Crippen molar-refractivity contribution in [3.05, 3.63) is 102 Å². The predicted molar refractivity (Wildman–Crippen MR) is 122 cm³/mol. The van der Waals surface area contributed by atoms with Gasteiger partial charge in [0.15, 0.2) is 5.16 Å². The van der Waals surface area contributed by atoms with Gasteiger partial charge in [-0.3, -0.25) is 14.2 Å². The smallest absolute Gasteiger partial charge is 0.251 e. The fourth-order valence-corrected chi connectivity index (χ4v) is 3.83. The average molecular weight is 447 g/mol. The van der Waals surface area contributed by atoms with Crippen molar-refractivity contribution in [1.29, 1.82) is 0 Å². The highest BCUT2D eigenvalue weighted by Crippen LogP contribution is 2.20. The number of nitrogens with one attached hydrogen (secondary N) is 2. The summed E-state index contributed by atoms with van der Waals surface area (Å²) in [7, 11) is 0. The van der Waals surface area contributed by atoms with Gasteiger partial charge >= 0.3 is 0 Å². The first kappa shape index (κ1) is 21.5. The van der Waals surface area contributed by atoms with Crippen LogP contribution in [0.4, 0.5) is 0 Å². The standard InChI is InChI=1S/C24H22N4O3S/c29-22(26-15-18-5-2-1-3-6-18)17-32-24-25-12-13-28(24)20-10-8-19(9-11-20)23(30)27-16-21-7-4-14-31-21/h1-14H,15-17H2,(H,26,29)(H,27,30). The molecule has 4 aromatic rings. The van der Waals surface area contributed by atoms with Crippen molar-refractivity contribution in [2.45, 2.75) is 18.2 Å². The van der Waals surface area contributed by atoms with Gasteiger partial charge in [0.25, 0.3) is 5.91 Å². The summed E-state index contributed by atoms with van der Waals surface area (Å²) in [5, 5.41) is 6.44. The summed E-state index contributed by atoms with van der Waals surface area (Å²) in [4.78, 5) is 28.9. The van der Waals surface area contributed by atoms with E-state index in [0.29, 0.717) is 29.6 Å². The Hall–Kier alpha value is -3.78. The number of carbonyl (C=O) groups is 2. The van der Waals surface area contributed by atoms with E-state index in [4.69, 9.17) is 4.42 Å². The SMILES string of the molecule is O=C(CSc1nccn1-c1ccc(C(=O)NCc2ccco2)cc1)NCc1ccccc1. The Morgan fingerprint density at radius 2 is 1.75 bits per heavy atom. The van der Waals surface area contributed by atoms with Crippen LogP contribution in [0, 0.1) is 0 Å². The summed E-state index contributed by atoms with van der Waals surface area (Å²) in [6, 6.07) is 20.6. The first-order chi connectivity index (χ1) is 15.7. The fourth-order valence-electron chi connectivity index (χ4n) is 3.03. The summed E-state index contributed by atoms with van der Waals surface area (Å²) in [5.74, 6) is 0.722. The molecule has 0 atom stereocenters. The third-order valence-electron chi connectivity index (χ3n) is 4.68. The second kappa shape index (κ2) is 10.5. The normalized spacial score (nSPS) is 10.6. The van der Waals surface area contributed by atoms with Crippen LogP contribution in [0.25, 0.3) is 5.69 Å². The van der Waals surface area contributed by atoms with E-state index in [1.54, 1.807) is 30.7 Å². The molecule has 2 N–H and O–H groups in total. The lowest BCUT2D eigenvalue weighted by Crippen LogP contribution is -2.24. The Labute approximate surface area is 189 Å². The number of benzene rings is 2. The molecule has 0 saturated heterocycles. The van der Waals surface area contributed by atoms with Gasteiger partial charge in [-0.05, 0) is 42.0 Å². The monoisotopic (exact) mass is 446 g/mol. The molecule has 0 radical (unpaired) electrons. The quantitative estimate of drug-likeness (QED) is 0.382. The first-order valence-corrected chi connectivity index (χ1v) is 11.1. The molecule has 0 aliphatic carbocycles. The van der Waals surface area contributed by atoms with Crippen LogP contribution >= 0.6 is 11.8 Å². The molecule has 0 unspecified atom stereocenters. The fraction of sp³-hybridized carbons (Fsp3) is 0.125. The van der Waals surface area contributed by atoms with Crippen molar-refractivity contribution in [3.8, 4) is 5.69 Å². The van der Waals surface area contributed by atoms with Crippen LogP contribution in [-0.2, 0) is 17.9 Å². The molecule has 0 spiro atoms. The third-order valence-corrected chi connectivity index (χ3v) is 5.65. The van der Waals surface area contributed by atoms with E-state index in [9.17, 15) is 9.59 Å². The number of thioether (sulfide) groups is 1. The number of furan rings is 1. The van der Waals surface area contributed by atoms with Gasteiger partial charge in [0.05, 0.1) is 18.6 Å². The molecule has 4 rings (SSSR count). The van der Waals surface area contributed by atoms with Gasteiger partial charge in [0.2, 0.25) is 5.91 Å². The predicted octanol–water partition coefficient (Wildman–Crippen LogP) is 3.80. The zero-order valence-corrected chi connectivity index (χ0v) is 18.0. The van der Waals surface area contributed by atoms with Crippen molar-refractivity contribution in [2.75, 3.05) is 5.75 Å². The zero-order chi connectivity index (χ0) is 22.2. The molecule has 0 aliphatic rings. The van der Waals surface area contributed by atoms with Crippen molar-refractivity contribution >= 4 is 23.6 Å². The van der Waals surface area contributed by atoms with Gasteiger partial charge in [-0.15, -0.1) is 0 Å². The highest BCUT2D eigenvalue weighted by Gasteiger charge is 2.11. The molecule has 7 nitrogen and oxygen atoms in total. The maximum atomic E-state index is 12.3. The molecule has 2 heterocycles. The number of amides is 2. The topological polar surface area (TPSA) is 89.2 Å². The maximum absolute atomic E-state index is 12.3.